The summed E-state index contributed by atoms with van der Waals surface area (Å²) in [5.41, 5.74) is 6.98. The predicted molar refractivity (Wildman–Crippen MR) is 105 cm³/mol. The smallest absolute Gasteiger partial charge is 0.338 e. The first kappa shape index (κ1) is 20.4. The number of ether oxygens (including phenoxy) is 3. The summed E-state index contributed by atoms with van der Waals surface area (Å²) in [6.07, 6.45) is 0. The number of allylic oxidation sites excluding steroid dienone is 2. The van der Waals surface area contributed by atoms with E-state index in [0.29, 0.717) is 22.3 Å². The highest BCUT2D eigenvalue weighted by molar-refractivity contribution is 6.31. The van der Waals surface area contributed by atoms with Gasteiger partial charge in [0, 0.05) is 5.02 Å². The number of benzene rings is 1. The second kappa shape index (κ2) is 8.33. The maximum atomic E-state index is 12.3. The number of carbonyl (C=O) groups excluding carboxylic acids is 1. The highest BCUT2D eigenvalue weighted by Gasteiger charge is 2.38. The Kier molecular flexibility index (Phi) is 5.85. The maximum Gasteiger partial charge on any atom is 0.338 e. The molecule has 2 N–H and O–H groups in total. The van der Waals surface area contributed by atoms with E-state index in [-0.39, 0.29) is 29.4 Å². The molecule has 7 nitrogen and oxygen atoms in total. The number of esters is 1. The number of nitrogens with two attached hydrogens (primary N) is 1. The van der Waals surface area contributed by atoms with Gasteiger partial charge in [-0.1, -0.05) is 11.6 Å². The van der Waals surface area contributed by atoms with Crippen molar-refractivity contribution in [2.75, 3.05) is 7.11 Å². The standard InChI is InChI=1S/C21H19ClN2O5/c1-11-8-13(4-6-16(11)22)27-10-14-5-7-17(29-14)19-15(9-23)20(24)28-12(2)18(19)21(25)26-3/h4-8,19H,10,24H2,1-3H3/t19-/m0/s1. The molecule has 0 radical (unpaired) electrons. The molecule has 29 heavy (non-hydrogen) atoms. The molecule has 1 aliphatic heterocycles. The lowest BCUT2D eigenvalue weighted by molar-refractivity contribution is -0.136. The minimum absolute atomic E-state index is 0.0751. The molecule has 0 fully saturated rings. The molecule has 150 valence electrons. The number of hydrogen-bond donors (Lipinski definition) is 1. The minimum atomic E-state index is -0.826. The van der Waals surface area contributed by atoms with Gasteiger partial charge in [-0.3, -0.25) is 0 Å². The first-order valence-electron chi connectivity index (χ1n) is 8.70. The average molecular weight is 415 g/mol. The van der Waals surface area contributed by atoms with E-state index in [1.54, 1.807) is 31.2 Å². The van der Waals surface area contributed by atoms with Gasteiger partial charge in [-0.25, -0.2) is 4.79 Å². The van der Waals surface area contributed by atoms with Crippen LogP contribution in [0.15, 0.2) is 57.5 Å². The number of nitriles is 1. The molecule has 1 aromatic carbocycles. The monoisotopic (exact) mass is 414 g/mol. The number of hydrogen-bond acceptors (Lipinski definition) is 7. The summed E-state index contributed by atoms with van der Waals surface area (Å²) in [6.45, 7) is 3.62. The van der Waals surface area contributed by atoms with Gasteiger partial charge in [0.1, 0.15) is 41.3 Å². The van der Waals surface area contributed by atoms with E-state index >= 15 is 0 Å². The largest absolute Gasteiger partial charge is 0.486 e. The summed E-state index contributed by atoms with van der Waals surface area (Å²) >= 11 is 6.02. The number of nitrogens with zero attached hydrogens (tertiary/aromatic N) is 1. The molecule has 0 spiro atoms. The Morgan fingerprint density at radius 1 is 1.31 bits per heavy atom. The van der Waals surface area contributed by atoms with Crippen molar-refractivity contribution < 1.29 is 23.4 Å². The third-order valence-electron chi connectivity index (χ3n) is 4.49. The Labute approximate surface area is 172 Å². The zero-order chi connectivity index (χ0) is 21.1. The highest BCUT2D eigenvalue weighted by Crippen LogP contribution is 2.40. The third kappa shape index (κ3) is 4.08. The summed E-state index contributed by atoms with van der Waals surface area (Å²) < 4.78 is 21.8. The van der Waals surface area contributed by atoms with Gasteiger partial charge in [0.15, 0.2) is 0 Å². The molecule has 8 heteroatoms. The van der Waals surface area contributed by atoms with Gasteiger partial charge in [0.25, 0.3) is 0 Å². The van der Waals surface area contributed by atoms with Crippen LogP contribution in [-0.2, 0) is 20.9 Å². The lowest BCUT2D eigenvalue weighted by Crippen LogP contribution is -2.24. The average Bonchev–Trinajstić information content (AvgIpc) is 3.16. The van der Waals surface area contributed by atoms with E-state index in [4.69, 9.17) is 36.0 Å². The fraction of sp³-hybridized carbons (Fsp3) is 0.238. The number of aryl methyl sites for hydroxylation is 1. The number of methoxy groups -OCH3 is 1. The lowest BCUT2D eigenvalue weighted by atomic mass is 9.87. The van der Waals surface area contributed by atoms with Gasteiger partial charge in [-0.2, -0.15) is 5.26 Å². The normalized spacial score (nSPS) is 16.3. The van der Waals surface area contributed by atoms with E-state index in [9.17, 15) is 10.1 Å². The molecule has 2 heterocycles. The third-order valence-corrected chi connectivity index (χ3v) is 4.91. The zero-order valence-electron chi connectivity index (χ0n) is 16.1. The van der Waals surface area contributed by atoms with Crippen LogP contribution in [0.1, 0.15) is 29.9 Å². The van der Waals surface area contributed by atoms with Gasteiger partial charge in [0.05, 0.1) is 18.6 Å². The number of rotatable bonds is 5. The van der Waals surface area contributed by atoms with Crippen molar-refractivity contribution in [1.29, 1.82) is 5.26 Å². The van der Waals surface area contributed by atoms with Crippen LogP contribution in [0.2, 0.25) is 5.02 Å². The Bertz CT molecular complexity index is 1060. The first-order valence-corrected chi connectivity index (χ1v) is 9.07. The van der Waals surface area contributed by atoms with Crippen LogP contribution in [0.4, 0.5) is 0 Å². The van der Waals surface area contributed by atoms with Crippen molar-refractivity contribution in [1.82, 2.24) is 0 Å². The molecule has 0 saturated heterocycles. The van der Waals surface area contributed by atoms with Crippen LogP contribution in [0, 0.1) is 18.3 Å². The van der Waals surface area contributed by atoms with E-state index in [0.717, 1.165) is 5.56 Å². The molecular formula is C21H19ClN2O5. The lowest BCUT2D eigenvalue weighted by Gasteiger charge is -2.24. The minimum Gasteiger partial charge on any atom is -0.486 e. The van der Waals surface area contributed by atoms with Crippen molar-refractivity contribution in [3.63, 3.8) is 0 Å². The fourth-order valence-electron chi connectivity index (χ4n) is 3.03. The fourth-order valence-corrected chi connectivity index (χ4v) is 3.15. The number of furan rings is 1. The van der Waals surface area contributed by atoms with Gasteiger partial charge in [-0.15, -0.1) is 0 Å². The van der Waals surface area contributed by atoms with Crippen LogP contribution >= 0.6 is 11.6 Å². The molecule has 0 bridgehead atoms. The van der Waals surface area contributed by atoms with Crippen molar-refractivity contribution in [2.45, 2.75) is 26.4 Å². The van der Waals surface area contributed by atoms with Gasteiger partial charge >= 0.3 is 5.97 Å². The van der Waals surface area contributed by atoms with E-state index in [2.05, 4.69) is 0 Å². The second-order valence-electron chi connectivity index (χ2n) is 6.39. The molecule has 1 atom stereocenters. The molecule has 2 aromatic rings. The van der Waals surface area contributed by atoms with Gasteiger partial charge in [-0.05, 0) is 49.7 Å². The molecule has 3 rings (SSSR count). The molecular weight excluding hydrogens is 396 g/mol. The molecule has 1 aliphatic rings. The molecule has 0 amide bonds. The van der Waals surface area contributed by atoms with Crippen molar-refractivity contribution >= 4 is 17.6 Å². The summed E-state index contributed by atoms with van der Waals surface area (Å²) in [5.74, 6) is 0.239. The van der Waals surface area contributed by atoms with E-state index in [1.807, 2.05) is 19.1 Å². The van der Waals surface area contributed by atoms with Crippen molar-refractivity contribution in [3.05, 3.63) is 75.2 Å². The summed E-state index contributed by atoms with van der Waals surface area (Å²) in [6, 6.07) is 10.7. The zero-order valence-corrected chi connectivity index (χ0v) is 16.9. The Hall–Kier alpha value is -3.37. The van der Waals surface area contributed by atoms with E-state index in [1.165, 1.54) is 7.11 Å². The molecule has 0 aliphatic carbocycles. The predicted octanol–water partition coefficient (Wildman–Crippen LogP) is 4.08. The molecule has 1 aromatic heterocycles. The number of carbonyl (C=O) groups is 1. The van der Waals surface area contributed by atoms with Gasteiger partial charge < -0.3 is 24.4 Å². The maximum absolute atomic E-state index is 12.3. The van der Waals surface area contributed by atoms with Crippen molar-refractivity contribution in [3.8, 4) is 11.8 Å². The molecule has 0 saturated carbocycles. The summed E-state index contributed by atoms with van der Waals surface area (Å²) in [5, 5.41) is 10.2. The summed E-state index contributed by atoms with van der Waals surface area (Å²) in [4.78, 5) is 12.3. The van der Waals surface area contributed by atoms with Crippen LogP contribution in [0.3, 0.4) is 0 Å². The van der Waals surface area contributed by atoms with Gasteiger partial charge in [0.2, 0.25) is 5.88 Å². The van der Waals surface area contributed by atoms with Crippen LogP contribution < -0.4 is 10.5 Å². The molecule has 0 unspecified atom stereocenters. The van der Waals surface area contributed by atoms with Crippen LogP contribution in [0.25, 0.3) is 0 Å². The van der Waals surface area contributed by atoms with Crippen LogP contribution in [0.5, 0.6) is 5.75 Å². The Morgan fingerprint density at radius 3 is 2.72 bits per heavy atom. The van der Waals surface area contributed by atoms with E-state index < -0.39 is 11.9 Å². The number of halogens is 1. The topological polar surface area (TPSA) is 108 Å². The quantitative estimate of drug-likeness (QED) is 0.734. The second-order valence-corrected chi connectivity index (χ2v) is 6.80. The summed E-state index contributed by atoms with van der Waals surface area (Å²) in [7, 11) is 1.25. The Balaban J connectivity index is 1.88. The SMILES string of the molecule is COC(=O)C1=C(C)OC(N)=C(C#N)[C@H]1c1ccc(COc2ccc(Cl)c(C)c2)o1. The van der Waals surface area contributed by atoms with Crippen molar-refractivity contribution in [2.24, 2.45) is 5.73 Å². The Morgan fingerprint density at radius 2 is 2.07 bits per heavy atom. The first-order chi connectivity index (χ1) is 13.8. The van der Waals surface area contributed by atoms with Crippen LogP contribution in [-0.4, -0.2) is 13.1 Å². The highest BCUT2D eigenvalue weighted by atomic mass is 35.5.